The van der Waals surface area contributed by atoms with E-state index in [1.54, 1.807) is 6.07 Å². The lowest BCUT2D eigenvalue weighted by Crippen LogP contribution is -2.26. The van der Waals surface area contributed by atoms with Crippen LogP contribution in [0.5, 0.6) is 0 Å². The molecule has 0 aliphatic rings. The Hall–Kier alpha value is -2.54. The van der Waals surface area contributed by atoms with Crippen LogP contribution in [0.3, 0.4) is 0 Å². The Bertz CT molecular complexity index is 1110. The van der Waals surface area contributed by atoms with Gasteiger partial charge >= 0.3 is 0 Å². The Morgan fingerprint density at radius 1 is 1.27 bits per heavy atom. The molecule has 4 rings (SSSR count). The molecule has 3 heterocycles. The molecule has 0 aliphatic carbocycles. The van der Waals surface area contributed by atoms with Crippen LogP contribution in [0.1, 0.15) is 29.7 Å². The van der Waals surface area contributed by atoms with Crippen LogP contribution < -0.4 is 5.32 Å². The third-order valence-corrected chi connectivity index (χ3v) is 4.91. The van der Waals surface area contributed by atoms with E-state index in [9.17, 15) is 4.79 Å². The summed E-state index contributed by atoms with van der Waals surface area (Å²) >= 11 is 3.31. The number of hydrogen-bond acceptors (Lipinski definition) is 3. The van der Waals surface area contributed by atoms with Crippen molar-refractivity contribution in [2.75, 3.05) is 0 Å². The number of benzene rings is 1. The fourth-order valence-electron chi connectivity index (χ4n) is 3.28. The normalized spacial score (nSPS) is 11.5. The fourth-order valence-corrected chi connectivity index (χ4v) is 3.67. The van der Waals surface area contributed by atoms with Crippen LogP contribution in [-0.4, -0.2) is 20.0 Å². The van der Waals surface area contributed by atoms with Gasteiger partial charge in [0, 0.05) is 25.7 Å². The lowest BCUT2D eigenvalue weighted by molar-refractivity contribution is 0.0941. The number of aryl methyl sites for hydroxylation is 2. The van der Waals surface area contributed by atoms with E-state index in [0.717, 1.165) is 35.3 Å². The van der Waals surface area contributed by atoms with E-state index in [1.807, 2.05) is 35.9 Å². The number of rotatable bonds is 5. The molecule has 0 saturated carbocycles. The molecule has 7 heteroatoms. The molecule has 6 nitrogen and oxygen atoms in total. The van der Waals surface area contributed by atoms with Gasteiger partial charge < -0.3 is 18.9 Å². The highest BCUT2D eigenvalue weighted by Crippen LogP contribution is 2.26. The number of para-hydroxylation sites is 2. The van der Waals surface area contributed by atoms with Crippen molar-refractivity contribution < 1.29 is 9.21 Å². The molecule has 0 saturated heterocycles. The summed E-state index contributed by atoms with van der Waals surface area (Å²) in [6.45, 7) is 3.38. The number of hydrogen-bond donors (Lipinski definition) is 1. The number of nitrogens with zero attached hydrogens (tertiary/aromatic N) is 3. The van der Waals surface area contributed by atoms with Crippen molar-refractivity contribution in [3.8, 4) is 0 Å². The second-order valence-electron chi connectivity index (χ2n) is 6.24. The van der Waals surface area contributed by atoms with Gasteiger partial charge in [0.1, 0.15) is 11.5 Å². The Balaban J connectivity index is 1.59. The average molecular weight is 415 g/mol. The molecule has 0 spiro atoms. The summed E-state index contributed by atoms with van der Waals surface area (Å²) in [4.78, 5) is 17.3. The molecule has 0 fully saturated rings. The van der Waals surface area contributed by atoms with Crippen molar-refractivity contribution in [3.05, 3.63) is 52.6 Å². The summed E-state index contributed by atoms with van der Waals surface area (Å²) in [6.07, 6.45) is 1.00. The van der Waals surface area contributed by atoms with Gasteiger partial charge in [0.25, 0.3) is 5.91 Å². The van der Waals surface area contributed by atoms with E-state index in [2.05, 4.69) is 43.8 Å². The SMILES string of the molecule is CCCn1c(CNC(=O)c2cc3oc(Br)cc3n2C)nc2ccccc21. The van der Waals surface area contributed by atoms with Gasteiger partial charge in [-0.1, -0.05) is 19.1 Å². The van der Waals surface area contributed by atoms with Crippen LogP contribution in [-0.2, 0) is 20.1 Å². The van der Waals surface area contributed by atoms with Gasteiger partial charge in [0.05, 0.1) is 23.1 Å². The second-order valence-corrected chi connectivity index (χ2v) is 7.02. The van der Waals surface area contributed by atoms with Crippen molar-refractivity contribution in [1.82, 2.24) is 19.4 Å². The largest absolute Gasteiger partial charge is 0.448 e. The molecule has 0 unspecified atom stereocenters. The van der Waals surface area contributed by atoms with Crippen LogP contribution in [0.2, 0.25) is 0 Å². The number of nitrogens with one attached hydrogen (secondary N) is 1. The first-order valence-electron chi connectivity index (χ1n) is 8.55. The fraction of sp³-hybridized carbons (Fsp3) is 0.263. The quantitative estimate of drug-likeness (QED) is 0.531. The average Bonchev–Trinajstić information content (AvgIpc) is 3.26. The third-order valence-electron chi connectivity index (χ3n) is 4.52. The van der Waals surface area contributed by atoms with Crippen molar-refractivity contribution in [2.24, 2.45) is 7.05 Å². The number of halogens is 1. The topological polar surface area (TPSA) is 65.0 Å². The summed E-state index contributed by atoms with van der Waals surface area (Å²) < 4.78 is 10.2. The van der Waals surface area contributed by atoms with Crippen LogP contribution in [0.25, 0.3) is 22.1 Å². The number of carbonyl (C=O) groups is 1. The molecule has 0 atom stereocenters. The van der Waals surface area contributed by atoms with E-state index in [-0.39, 0.29) is 5.91 Å². The van der Waals surface area contributed by atoms with Gasteiger partial charge in [0.2, 0.25) is 0 Å². The van der Waals surface area contributed by atoms with Crippen molar-refractivity contribution >= 4 is 44.0 Å². The van der Waals surface area contributed by atoms with Gasteiger partial charge in [-0.3, -0.25) is 4.79 Å². The summed E-state index contributed by atoms with van der Waals surface area (Å²) in [5.41, 5.74) is 4.17. The Morgan fingerprint density at radius 3 is 2.85 bits per heavy atom. The van der Waals surface area contributed by atoms with E-state index >= 15 is 0 Å². The minimum absolute atomic E-state index is 0.148. The maximum atomic E-state index is 12.7. The minimum atomic E-state index is -0.148. The zero-order chi connectivity index (χ0) is 18.3. The zero-order valence-corrected chi connectivity index (χ0v) is 16.2. The monoisotopic (exact) mass is 414 g/mol. The maximum absolute atomic E-state index is 12.7. The van der Waals surface area contributed by atoms with E-state index in [0.29, 0.717) is 22.5 Å². The lowest BCUT2D eigenvalue weighted by atomic mass is 10.3. The molecular formula is C19H19BrN4O2. The van der Waals surface area contributed by atoms with Crippen molar-refractivity contribution in [1.29, 1.82) is 0 Å². The Morgan fingerprint density at radius 2 is 2.08 bits per heavy atom. The molecule has 0 radical (unpaired) electrons. The number of carbonyl (C=O) groups excluding carboxylic acids is 1. The van der Waals surface area contributed by atoms with Crippen LogP contribution in [0.15, 0.2) is 45.5 Å². The first kappa shape index (κ1) is 16.9. The molecular weight excluding hydrogens is 396 g/mol. The molecule has 26 heavy (non-hydrogen) atoms. The van der Waals surface area contributed by atoms with Crippen molar-refractivity contribution in [2.45, 2.75) is 26.4 Å². The molecule has 1 aromatic carbocycles. The standard InChI is InChI=1S/C19H19BrN4O2/c1-3-8-24-13-7-5-4-6-12(13)22-18(24)11-21-19(25)15-9-16-14(23(15)2)10-17(20)26-16/h4-7,9-10H,3,8,11H2,1-2H3,(H,21,25). The minimum Gasteiger partial charge on any atom is -0.448 e. The van der Waals surface area contributed by atoms with Crippen LogP contribution >= 0.6 is 15.9 Å². The highest BCUT2D eigenvalue weighted by atomic mass is 79.9. The van der Waals surface area contributed by atoms with Gasteiger partial charge in [-0.15, -0.1) is 0 Å². The Labute approximate surface area is 158 Å². The summed E-state index contributed by atoms with van der Waals surface area (Å²) in [5, 5.41) is 2.98. The molecule has 134 valence electrons. The van der Waals surface area contributed by atoms with E-state index < -0.39 is 0 Å². The van der Waals surface area contributed by atoms with Crippen molar-refractivity contribution in [3.63, 3.8) is 0 Å². The van der Waals surface area contributed by atoms with E-state index in [1.165, 1.54) is 0 Å². The number of amides is 1. The molecule has 1 N–H and O–H groups in total. The number of aromatic nitrogens is 3. The first-order chi connectivity index (χ1) is 12.6. The van der Waals surface area contributed by atoms with Gasteiger partial charge in [-0.2, -0.15) is 0 Å². The Kier molecular flexibility index (Phi) is 4.32. The second kappa shape index (κ2) is 6.64. The summed E-state index contributed by atoms with van der Waals surface area (Å²) in [6, 6.07) is 11.7. The molecule has 1 amide bonds. The van der Waals surface area contributed by atoms with Crippen LogP contribution in [0.4, 0.5) is 0 Å². The molecule has 3 aromatic heterocycles. The van der Waals surface area contributed by atoms with Gasteiger partial charge in [-0.25, -0.2) is 4.98 Å². The first-order valence-corrected chi connectivity index (χ1v) is 9.35. The molecule has 0 bridgehead atoms. The summed E-state index contributed by atoms with van der Waals surface area (Å²) in [5.74, 6) is 0.715. The third kappa shape index (κ3) is 2.82. The smallest absolute Gasteiger partial charge is 0.268 e. The predicted molar refractivity (Wildman–Crippen MR) is 104 cm³/mol. The van der Waals surface area contributed by atoms with Crippen LogP contribution in [0, 0.1) is 0 Å². The maximum Gasteiger partial charge on any atom is 0.268 e. The number of fused-ring (bicyclic) bond motifs is 2. The number of furan rings is 1. The summed E-state index contributed by atoms with van der Waals surface area (Å²) in [7, 11) is 1.85. The number of imidazole rings is 1. The lowest BCUT2D eigenvalue weighted by Gasteiger charge is -2.09. The zero-order valence-electron chi connectivity index (χ0n) is 14.6. The molecule has 4 aromatic rings. The van der Waals surface area contributed by atoms with Gasteiger partial charge in [0.15, 0.2) is 10.3 Å². The van der Waals surface area contributed by atoms with E-state index in [4.69, 9.17) is 4.42 Å². The van der Waals surface area contributed by atoms with Gasteiger partial charge in [-0.05, 0) is 34.5 Å². The highest BCUT2D eigenvalue weighted by molar-refractivity contribution is 9.10. The molecule has 0 aliphatic heterocycles. The predicted octanol–water partition coefficient (Wildman–Crippen LogP) is 4.22. The highest BCUT2D eigenvalue weighted by Gasteiger charge is 2.17.